The molecule has 0 N–H and O–H groups in total. The summed E-state index contributed by atoms with van der Waals surface area (Å²) in [5, 5.41) is 0. The number of hydrogen-bond donors (Lipinski definition) is 0. The molecule has 2 heteroatoms. The summed E-state index contributed by atoms with van der Waals surface area (Å²) >= 11 is 0. The van der Waals surface area contributed by atoms with E-state index in [0.717, 1.165) is 25.9 Å². The first-order valence-electron chi connectivity index (χ1n) is 4.17. The second kappa shape index (κ2) is 3.77. The summed E-state index contributed by atoms with van der Waals surface area (Å²) in [6.45, 7) is 8.19. The van der Waals surface area contributed by atoms with E-state index in [-0.39, 0.29) is 0 Å². The molecule has 1 rings (SSSR count). The van der Waals surface area contributed by atoms with Gasteiger partial charge in [0.25, 0.3) is 0 Å². The third-order valence-electron chi connectivity index (χ3n) is 2.32. The summed E-state index contributed by atoms with van der Waals surface area (Å²) in [7, 11) is 1.79. The van der Waals surface area contributed by atoms with Crippen LogP contribution in [0.3, 0.4) is 0 Å². The minimum Gasteiger partial charge on any atom is -0.381 e. The largest absolute Gasteiger partial charge is 0.381 e. The Morgan fingerprint density at radius 1 is 1.45 bits per heavy atom. The Bertz CT molecular complexity index is 136. The van der Waals surface area contributed by atoms with Gasteiger partial charge >= 0.3 is 0 Å². The van der Waals surface area contributed by atoms with E-state index < -0.39 is 0 Å². The van der Waals surface area contributed by atoms with Crippen molar-refractivity contribution in [2.75, 3.05) is 20.2 Å². The van der Waals surface area contributed by atoms with Gasteiger partial charge in [0, 0.05) is 25.9 Å². The number of rotatable bonds is 2. The van der Waals surface area contributed by atoms with Gasteiger partial charge in [0.2, 0.25) is 0 Å². The van der Waals surface area contributed by atoms with Crippen LogP contribution in [0.2, 0.25) is 0 Å². The van der Waals surface area contributed by atoms with E-state index in [1.165, 1.54) is 5.70 Å². The van der Waals surface area contributed by atoms with E-state index in [4.69, 9.17) is 4.74 Å². The highest BCUT2D eigenvalue weighted by atomic mass is 16.5. The van der Waals surface area contributed by atoms with Crippen molar-refractivity contribution in [1.82, 2.24) is 4.90 Å². The molecule has 0 aliphatic carbocycles. The normalized spacial score (nSPS) is 20.4. The van der Waals surface area contributed by atoms with Crippen molar-refractivity contribution < 1.29 is 4.74 Å². The Morgan fingerprint density at radius 3 is 2.36 bits per heavy atom. The lowest BCUT2D eigenvalue weighted by Crippen LogP contribution is -2.35. The Balaban J connectivity index is 2.30. The minimum absolute atomic E-state index is 0.477. The van der Waals surface area contributed by atoms with E-state index in [2.05, 4.69) is 18.4 Å². The molecular weight excluding hydrogens is 138 g/mol. The van der Waals surface area contributed by atoms with Crippen LogP contribution >= 0.6 is 0 Å². The average molecular weight is 155 g/mol. The topological polar surface area (TPSA) is 12.5 Å². The number of likely N-dealkylation sites (tertiary alicyclic amines) is 1. The van der Waals surface area contributed by atoms with Crippen LogP contribution in [0.25, 0.3) is 0 Å². The Kier molecular flexibility index (Phi) is 2.94. The molecule has 0 aromatic rings. The Morgan fingerprint density at radius 2 is 2.00 bits per heavy atom. The average Bonchev–Trinajstić information content (AvgIpc) is 2.05. The lowest BCUT2D eigenvalue weighted by molar-refractivity contribution is 0.0505. The zero-order chi connectivity index (χ0) is 8.27. The highest BCUT2D eigenvalue weighted by Gasteiger charge is 2.17. The molecule has 0 unspecified atom stereocenters. The SMILES string of the molecule is C=C(C)N1CCC(OC)CC1. The van der Waals surface area contributed by atoms with E-state index >= 15 is 0 Å². The van der Waals surface area contributed by atoms with Crippen LogP contribution in [-0.4, -0.2) is 31.2 Å². The fourth-order valence-electron chi connectivity index (χ4n) is 1.47. The van der Waals surface area contributed by atoms with Gasteiger partial charge in [-0.15, -0.1) is 0 Å². The van der Waals surface area contributed by atoms with Crippen LogP contribution in [0.15, 0.2) is 12.3 Å². The standard InChI is InChI=1S/C9H17NO/c1-8(2)10-6-4-9(11-3)5-7-10/h9H,1,4-7H2,2-3H3. The number of nitrogens with zero attached hydrogens (tertiary/aromatic N) is 1. The van der Waals surface area contributed by atoms with Crippen LogP contribution in [0.4, 0.5) is 0 Å². The molecule has 0 spiro atoms. The molecule has 0 atom stereocenters. The summed E-state index contributed by atoms with van der Waals surface area (Å²) in [5.74, 6) is 0. The molecule has 1 aliphatic heterocycles. The van der Waals surface area contributed by atoms with E-state index in [1.807, 2.05) is 0 Å². The second-order valence-electron chi connectivity index (χ2n) is 3.16. The first-order chi connectivity index (χ1) is 5.24. The third-order valence-corrected chi connectivity index (χ3v) is 2.32. The van der Waals surface area contributed by atoms with Gasteiger partial charge in [-0.1, -0.05) is 6.58 Å². The number of piperidine rings is 1. The van der Waals surface area contributed by atoms with Gasteiger partial charge in [-0.25, -0.2) is 0 Å². The highest BCUT2D eigenvalue weighted by Crippen LogP contribution is 2.15. The van der Waals surface area contributed by atoms with Crippen LogP contribution in [0, 0.1) is 0 Å². The zero-order valence-electron chi connectivity index (χ0n) is 7.47. The van der Waals surface area contributed by atoms with Gasteiger partial charge in [-0.3, -0.25) is 0 Å². The molecule has 0 bridgehead atoms. The lowest BCUT2D eigenvalue weighted by Gasteiger charge is -2.32. The maximum Gasteiger partial charge on any atom is 0.0605 e. The van der Waals surface area contributed by atoms with Crippen LogP contribution in [0.5, 0.6) is 0 Å². The van der Waals surface area contributed by atoms with Gasteiger partial charge < -0.3 is 9.64 Å². The Hall–Kier alpha value is -0.500. The van der Waals surface area contributed by atoms with Gasteiger partial charge in [-0.05, 0) is 19.8 Å². The van der Waals surface area contributed by atoms with Gasteiger partial charge in [0.05, 0.1) is 6.10 Å². The number of ether oxygens (including phenoxy) is 1. The molecule has 0 amide bonds. The molecular formula is C9H17NO. The second-order valence-corrected chi connectivity index (χ2v) is 3.16. The minimum atomic E-state index is 0.477. The summed E-state index contributed by atoms with van der Waals surface area (Å²) in [5.41, 5.74) is 1.18. The lowest BCUT2D eigenvalue weighted by atomic mass is 10.1. The maximum atomic E-state index is 5.26. The van der Waals surface area contributed by atoms with Crippen molar-refractivity contribution in [2.24, 2.45) is 0 Å². The quantitative estimate of drug-likeness (QED) is 0.601. The first-order valence-corrected chi connectivity index (χ1v) is 4.17. The van der Waals surface area contributed by atoms with Crippen LogP contribution in [0.1, 0.15) is 19.8 Å². The molecule has 0 saturated carbocycles. The highest BCUT2D eigenvalue weighted by molar-refractivity contribution is 4.91. The molecule has 64 valence electrons. The fourth-order valence-corrected chi connectivity index (χ4v) is 1.47. The van der Waals surface area contributed by atoms with Crippen molar-refractivity contribution in [3.05, 3.63) is 12.3 Å². The molecule has 0 aromatic carbocycles. The van der Waals surface area contributed by atoms with Crippen molar-refractivity contribution in [3.63, 3.8) is 0 Å². The van der Waals surface area contributed by atoms with Gasteiger partial charge in [0.1, 0.15) is 0 Å². The van der Waals surface area contributed by atoms with Crippen molar-refractivity contribution in [1.29, 1.82) is 0 Å². The smallest absolute Gasteiger partial charge is 0.0605 e. The predicted molar refractivity (Wildman–Crippen MR) is 46.4 cm³/mol. The molecule has 0 radical (unpaired) electrons. The first kappa shape index (κ1) is 8.60. The molecule has 1 aliphatic rings. The summed E-state index contributed by atoms with van der Waals surface area (Å²) in [4.78, 5) is 2.32. The van der Waals surface area contributed by atoms with Crippen molar-refractivity contribution >= 4 is 0 Å². The molecule has 0 aromatic heterocycles. The maximum absolute atomic E-state index is 5.26. The molecule has 2 nitrogen and oxygen atoms in total. The number of hydrogen-bond acceptors (Lipinski definition) is 2. The predicted octanol–water partition coefficient (Wildman–Crippen LogP) is 1.63. The van der Waals surface area contributed by atoms with Crippen molar-refractivity contribution in [2.45, 2.75) is 25.9 Å². The monoisotopic (exact) mass is 155 g/mol. The van der Waals surface area contributed by atoms with E-state index in [0.29, 0.717) is 6.10 Å². The summed E-state index contributed by atoms with van der Waals surface area (Å²) < 4.78 is 5.26. The summed E-state index contributed by atoms with van der Waals surface area (Å²) in [6, 6.07) is 0. The van der Waals surface area contributed by atoms with Gasteiger partial charge in [-0.2, -0.15) is 0 Å². The molecule has 1 heterocycles. The van der Waals surface area contributed by atoms with E-state index in [1.54, 1.807) is 7.11 Å². The van der Waals surface area contributed by atoms with Crippen LogP contribution < -0.4 is 0 Å². The van der Waals surface area contributed by atoms with E-state index in [9.17, 15) is 0 Å². The summed E-state index contributed by atoms with van der Waals surface area (Å²) in [6.07, 6.45) is 2.76. The molecule has 1 fully saturated rings. The number of methoxy groups -OCH3 is 1. The fraction of sp³-hybridized carbons (Fsp3) is 0.778. The number of allylic oxidation sites excluding steroid dienone is 1. The molecule has 1 saturated heterocycles. The van der Waals surface area contributed by atoms with Gasteiger partial charge in [0.15, 0.2) is 0 Å². The third kappa shape index (κ3) is 2.22. The van der Waals surface area contributed by atoms with Crippen LogP contribution in [-0.2, 0) is 4.74 Å². The molecule has 11 heavy (non-hydrogen) atoms. The Labute approximate surface area is 68.8 Å². The zero-order valence-corrected chi connectivity index (χ0v) is 7.47. The van der Waals surface area contributed by atoms with Crippen molar-refractivity contribution in [3.8, 4) is 0 Å².